The number of methoxy groups -OCH3 is 1. The maximum Gasteiger partial charge on any atom is 0.119 e. The minimum absolute atomic E-state index is 0.315. The Morgan fingerprint density at radius 3 is 2.47 bits per heavy atom. The summed E-state index contributed by atoms with van der Waals surface area (Å²) < 4.78 is 10.3. The van der Waals surface area contributed by atoms with Crippen LogP contribution < -0.4 is 4.74 Å². The van der Waals surface area contributed by atoms with Crippen LogP contribution in [0.1, 0.15) is 25.0 Å². The molecule has 3 nitrogen and oxygen atoms in total. The van der Waals surface area contributed by atoms with Crippen LogP contribution in [0.2, 0.25) is 0 Å². The van der Waals surface area contributed by atoms with E-state index in [1.54, 1.807) is 7.11 Å². The van der Waals surface area contributed by atoms with Gasteiger partial charge in [-0.25, -0.2) is 0 Å². The van der Waals surface area contributed by atoms with Gasteiger partial charge in [0.25, 0.3) is 0 Å². The molecule has 1 unspecified atom stereocenters. The zero-order valence-electron chi connectivity index (χ0n) is 9.27. The molecule has 0 bridgehead atoms. The lowest BCUT2D eigenvalue weighted by molar-refractivity contribution is 0.0643. The van der Waals surface area contributed by atoms with E-state index in [1.807, 2.05) is 24.3 Å². The molecule has 0 spiro atoms. The minimum atomic E-state index is -0.560. The van der Waals surface area contributed by atoms with Crippen LogP contribution in [0.25, 0.3) is 0 Å². The van der Waals surface area contributed by atoms with E-state index in [2.05, 4.69) is 6.92 Å². The summed E-state index contributed by atoms with van der Waals surface area (Å²) in [5.74, 6) is 0.838. The number of hydrogen-bond acceptors (Lipinski definition) is 3. The van der Waals surface area contributed by atoms with Gasteiger partial charge in [0.1, 0.15) is 11.9 Å². The van der Waals surface area contributed by atoms with E-state index in [1.165, 1.54) is 0 Å². The highest BCUT2D eigenvalue weighted by atomic mass is 16.5. The molecule has 1 atom stereocenters. The van der Waals surface area contributed by atoms with Gasteiger partial charge < -0.3 is 14.6 Å². The maximum absolute atomic E-state index is 9.62. The second-order valence-corrected chi connectivity index (χ2v) is 3.39. The van der Waals surface area contributed by atoms with E-state index in [0.717, 1.165) is 24.3 Å². The number of benzene rings is 1. The van der Waals surface area contributed by atoms with Crippen LogP contribution in [0.4, 0.5) is 0 Å². The zero-order valence-corrected chi connectivity index (χ0v) is 9.27. The topological polar surface area (TPSA) is 38.7 Å². The zero-order chi connectivity index (χ0) is 11.1. The molecule has 1 aromatic rings. The first kappa shape index (κ1) is 12.0. The van der Waals surface area contributed by atoms with E-state index in [4.69, 9.17) is 9.47 Å². The van der Waals surface area contributed by atoms with E-state index < -0.39 is 6.10 Å². The molecule has 0 saturated heterocycles. The number of aliphatic hydroxyl groups is 1. The lowest BCUT2D eigenvalue weighted by Crippen LogP contribution is -2.04. The summed E-state index contributed by atoms with van der Waals surface area (Å²) in [4.78, 5) is 0. The Morgan fingerprint density at radius 2 is 1.93 bits per heavy atom. The third-order valence-corrected chi connectivity index (χ3v) is 2.06. The first-order chi connectivity index (χ1) is 7.27. The van der Waals surface area contributed by atoms with Crippen LogP contribution in [0.15, 0.2) is 24.3 Å². The Balaban J connectivity index is 2.55. The van der Waals surface area contributed by atoms with Gasteiger partial charge in [-0.2, -0.15) is 0 Å². The van der Waals surface area contributed by atoms with Crippen molar-refractivity contribution in [3.05, 3.63) is 29.8 Å². The predicted octanol–water partition coefficient (Wildman–Crippen LogP) is 2.16. The van der Waals surface area contributed by atoms with Crippen LogP contribution >= 0.6 is 0 Å². The molecule has 0 heterocycles. The summed E-state index contributed by atoms with van der Waals surface area (Å²) in [6, 6.07) is 7.44. The van der Waals surface area contributed by atoms with E-state index in [9.17, 15) is 5.11 Å². The molecular weight excluding hydrogens is 192 g/mol. The van der Waals surface area contributed by atoms with E-state index in [0.29, 0.717) is 6.61 Å². The second kappa shape index (κ2) is 6.43. The Morgan fingerprint density at radius 1 is 1.27 bits per heavy atom. The molecule has 0 amide bonds. The molecule has 0 radical (unpaired) electrons. The summed E-state index contributed by atoms with van der Waals surface area (Å²) in [6.07, 6.45) is 0.434. The Kier molecular flexibility index (Phi) is 5.15. The normalized spacial score (nSPS) is 12.5. The molecule has 0 aliphatic carbocycles. The van der Waals surface area contributed by atoms with Gasteiger partial charge >= 0.3 is 0 Å². The van der Waals surface area contributed by atoms with Gasteiger partial charge in [0.2, 0.25) is 0 Å². The SMILES string of the molecule is CCCOc1ccc(C(O)COC)cc1. The molecule has 3 heteroatoms. The standard InChI is InChI=1S/C12H18O3/c1-3-8-15-11-6-4-10(5-7-11)12(13)9-14-2/h4-7,12-13H,3,8-9H2,1-2H3. The van der Waals surface area contributed by atoms with Crippen molar-refractivity contribution in [1.82, 2.24) is 0 Å². The molecular formula is C12H18O3. The summed E-state index contributed by atoms with van der Waals surface area (Å²) >= 11 is 0. The third kappa shape index (κ3) is 3.90. The first-order valence-electron chi connectivity index (χ1n) is 5.17. The molecule has 1 rings (SSSR count). The minimum Gasteiger partial charge on any atom is -0.494 e. The van der Waals surface area contributed by atoms with Gasteiger partial charge in [-0.1, -0.05) is 19.1 Å². The maximum atomic E-state index is 9.62. The van der Waals surface area contributed by atoms with Crippen LogP contribution in [-0.4, -0.2) is 25.4 Å². The molecule has 0 aromatic heterocycles. The fraction of sp³-hybridized carbons (Fsp3) is 0.500. The highest BCUT2D eigenvalue weighted by Crippen LogP contribution is 2.17. The largest absolute Gasteiger partial charge is 0.494 e. The highest BCUT2D eigenvalue weighted by Gasteiger charge is 2.06. The number of hydrogen-bond donors (Lipinski definition) is 1. The molecule has 84 valence electrons. The average Bonchev–Trinajstić information content (AvgIpc) is 2.27. The molecule has 1 N–H and O–H groups in total. The Hall–Kier alpha value is -1.06. The fourth-order valence-corrected chi connectivity index (χ4v) is 1.26. The quantitative estimate of drug-likeness (QED) is 0.782. The van der Waals surface area contributed by atoms with Crippen LogP contribution in [-0.2, 0) is 4.74 Å². The van der Waals surface area contributed by atoms with E-state index in [-0.39, 0.29) is 0 Å². The summed E-state index contributed by atoms with van der Waals surface area (Å²) in [6.45, 7) is 3.10. The summed E-state index contributed by atoms with van der Waals surface area (Å²) in [5.41, 5.74) is 0.848. The van der Waals surface area contributed by atoms with Crippen molar-refractivity contribution in [1.29, 1.82) is 0 Å². The molecule has 0 saturated carbocycles. The molecule has 0 aliphatic rings. The number of ether oxygens (including phenoxy) is 2. The Bertz CT molecular complexity index is 269. The predicted molar refractivity (Wildman–Crippen MR) is 59.1 cm³/mol. The Labute approximate surface area is 90.6 Å². The van der Waals surface area contributed by atoms with Crippen molar-refractivity contribution in [2.24, 2.45) is 0 Å². The number of aliphatic hydroxyl groups excluding tert-OH is 1. The van der Waals surface area contributed by atoms with Crippen molar-refractivity contribution in [2.75, 3.05) is 20.3 Å². The van der Waals surface area contributed by atoms with Gasteiger partial charge in [-0.05, 0) is 24.1 Å². The highest BCUT2D eigenvalue weighted by molar-refractivity contribution is 5.28. The van der Waals surface area contributed by atoms with Crippen LogP contribution in [0.3, 0.4) is 0 Å². The van der Waals surface area contributed by atoms with Gasteiger partial charge in [0.15, 0.2) is 0 Å². The van der Waals surface area contributed by atoms with Gasteiger partial charge in [-0.3, -0.25) is 0 Å². The second-order valence-electron chi connectivity index (χ2n) is 3.39. The lowest BCUT2D eigenvalue weighted by Gasteiger charge is -2.10. The van der Waals surface area contributed by atoms with Gasteiger partial charge in [-0.15, -0.1) is 0 Å². The van der Waals surface area contributed by atoms with Gasteiger partial charge in [0.05, 0.1) is 13.2 Å². The lowest BCUT2D eigenvalue weighted by atomic mass is 10.1. The molecule has 0 fully saturated rings. The van der Waals surface area contributed by atoms with Crippen LogP contribution in [0, 0.1) is 0 Å². The van der Waals surface area contributed by atoms with Crippen molar-refractivity contribution in [3.63, 3.8) is 0 Å². The van der Waals surface area contributed by atoms with Gasteiger partial charge in [0, 0.05) is 7.11 Å². The monoisotopic (exact) mass is 210 g/mol. The first-order valence-corrected chi connectivity index (χ1v) is 5.17. The van der Waals surface area contributed by atoms with Crippen molar-refractivity contribution in [3.8, 4) is 5.75 Å². The smallest absolute Gasteiger partial charge is 0.119 e. The molecule has 0 aliphatic heterocycles. The van der Waals surface area contributed by atoms with Crippen molar-refractivity contribution >= 4 is 0 Å². The van der Waals surface area contributed by atoms with Crippen LogP contribution in [0.5, 0.6) is 5.75 Å². The average molecular weight is 210 g/mol. The fourth-order valence-electron chi connectivity index (χ4n) is 1.26. The molecule has 15 heavy (non-hydrogen) atoms. The van der Waals surface area contributed by atoms with Crippen molar-refractivity contribution < 1.29 is 14.6 Å². The molecule has 1 aromatic carbocycles. The third-order valence-electron chi connectivity index (χ3n) is 2.06. The van der Waals surface area contributed by atoms with Crippen molar-refractivity contribution in [2.45, 2.75) is 19.4 Å². The summed E-state index contributed by atoms with van der Waals surface area (Å²) in [7, 11) is 1.57. The summed E-state index contributed by atoms with van der Waals surface area (Å²) in [5, 5.41) is 9.62. The van der Waals surface area contributed by atoms with E-state index >= 15 is 0 Å². The number of rotatable bonds is 6.